The van der Waals surface area contributed by atoms with Gasteiger partial charge in [0.2, 0.25) is 0 Å². The van der Waals surface area contributed by atoms with Gasteiger partial charge in [-0.1, -0.05) is 0 Å². The van der Waals surface area contributed by atoms with Crippen LogP contribution in [-0.4, -0.2) is 43.6 Å². The molecule has 0 unspecified atom stereocenters. The molecule has 0 saturated heterocycles. The van der Waals surface area contributed by atoms with Crippen molar-refractivity contribution in [2.24, 2.45) is 5.92 Å². The molecule has 1 fully saturated rings. The number of nitrogens with zero attached hydrogens (tertiary/aromatic N) is 1. The number of hydrogen-bond donors (Lipinski definition) is 0. The highest BCUT2D eigenvalue weighted by Crippen LogP contribution is 2.32. The zero-order valence-corrected chi connectivity index (χ0v) is 9.39. The first-order valence-corrected chi connectivity index (χ1v) is 5.56. The molecule has 1 aliphatic rings. The summed E-state index contributed by atoms with van der Waals surface area (Å²) in [6.45, 7) is 5.92. The Kier molecular flexibility index (Phi) is 5.07. The van der Waals surface area contributed by atoms with Crippen LogP contribution >= 0.6 is 11.6 Å². The van der Waals surface area contributed by atoms with Gasteiger partial charge in [0, 0.05) is 25.1 Å². The lowest BCUT2D eigenvalue weighted by atomic mass is 9.84. The first-order chi connectivity index (χ1) is 6.22. The Morgan fingerprint density at radius 3 is 2.69 bits per heavy atom. The van der Waals surface area contributed by atoms with E-state index in [9.17, 15) is 0 Å². The summed E-state index contributed by atoms with van der Waals surface area (Å²) in [7, 11) is 2.15. The van der Waals surface area contributed by atoms with Gasteiger partial charge < -0.3 is 9.64 Å². The topological polar surface area (TPSA) is 12.5 Å². The van der Waals surface area contributed by atoms with Crippen LogP contribution in [0.4, 0.5) is 0 Å². The van der Waals surface area contributed by atoms with Crippen molar-refractivity contribution in [3.63, 3.8) is 0 Å². The molecule has 1 rings (SSSR count). The van der Waals surface area contributed by atoms with Gasteiger partial charge in [0.25, 0.3) is 0 Å². The summed E-state index contributed by atoms with van der Waals surface area (Å²) in [5, 5.41) is 0.449. The van der Waals surface area contributed by atoms with Crippen molar-refractivity contribution in [2.45, 2.75) is 25.1 Å². The number of hydrogen-bond acceptors (Lipinski definition) is 2. The molecule has 0 amide bonds. The van der Waals surface area contributed by atoms with Gasteiger partial charge in [-0.15, -0.1) is 11.6 Å². The van der Waals surface area contributed by atoms with E-state index < -0.39 is 0 Å². The number of alkyl halides is 1. The molecule has 1 saturated carbocycles. The Balaban J connectivity index is 1.95. The highest BCUT2D eigenvalue weighted by Gasteiger charge is 2.27. The second kappa shape index (κ2) is 5.84. The molecule has 0 bridgehead atoms. The fourth-order valence-corrected chi connectivity index (χ4v) is 2.20. The van der Waals surface area contributed by atoms with E-state index in [1.165, 1.54) is 19.4 Å². The van der Waals surface area contributed by atoms with Gasteiger partial charge in [-0.2, -0.15) is 0 Å². The summed E-state index contributed by atoms with van der Waals surface area (Å²) >= 11 is 5.91. The maximum atomic E-state index is 5.91. The Labute approximate surface area is 86.2 Å². The average Bonchev–Trinajstić information content (AvgIpc) is 2.02. The van der Waals surface area contributed by atoms with Crippen LogP contribution in [0.1, 0.15) is 19.8 Å². The largest absolute Gasteiger partial charge is 0.380 e. The van der Waals surface area contributed by atoms with Crippen molar-refractivity contribution in [1.82, 2.24) is 4.90 Å². The predicted octanol–water partition coefficient (Wildman–Crippen LogP) is 1.97. The number of ether oxygens (including phenoxy) is 1. The van der Waals surface area contributed by atoms with Crippen molar-refractivity contribution < 1.29 is 4.74 Å². The van der Waals surface area contributed by atoms with Crippen molar-refractivity contribution in [2.75, 3.05) is 33.4 Å². The molecule has 78 valence electrons. The van der Waals surface area contributed by atoms with Gasteiger partial charge in [-0.3, -0.25) is 0 Å². The van der Waals surface area contributed by atoms with Gasteiger partial charge in [-0.25, -0.2) is 0 Å². The van der Waals surface area contributed by atoms with Gasteiger partial charge in [-0.05, 0) is 32.7 Å². The molecular weight excluding hydrogens is 186 g/mol. The van der Waals surface area contributed by atoms with E-state index in [-0.39, 0.29) is 0 Å². The molecule has 3 heteroatoms. The third-order valence-corrected chi connectivity index (χ3v) is 2.93. The Morgan fingerprint density at radius 1 is 1.46 bits per heavy atom. The van der Waals surface area contributed by atoms with E-state index in [1.54, 1.807) is 0 Å². The third kappa shape index (κ3) is 4.30. The van der Waals surface area contributed by atoms with Crippen LogP contribution in [0.2, 0.25) is 0 Å². The lowest BCUT2D eigenvalue weighted by molar-refractivity contribution is 0.109. The normalized spacial score (nSPS) is 27.7. The lowest BCUT2D eigenvalue weighted by Gasteiger charge is -2.34. The van der Waals surface area contributed by atoms with Crippen LogP contribution < -0.4 is 0 Å². The lowest BCUT2D eigenvalue weighted by Crippen LogP contribution is -2.36. The molecule has 0 aromatic rings. The smallest absolute Gasteiger partial charge is 0.0593 e. The Bertz CT molecular complexity index is 137. The van der Waals surface area contributed by atoms with Crippen molar-refractivity contribution in [3.8, 4) is 0 Å². The van der Waals surface area contributed by atoms with Crippen LogP contribution in [0.15, 0.2) is 0 Å². The van der Waals surface area contributed by atoms with Crippen LogP contribution in [0.5, 0.6) is 0 Å². The van der Waals surface area contributed by atoms with Gasteiger partial charge in [0.05, 0.1) is 6.61 Å². The van der Waals surface area contributed by atoms with Crippen LogP contribution in [-0.2, 0) is 4.74 Å². The molecule has 0 heterocycles. The first-order valence-electron chi connectivity index (χ1n) is 5.12. The number of likely N-dealkylation sites (N-methyl/N-ethyl adjacent to an activating group) is 1. The van der Waals surface area contributed by atoms with Gasteiger partial charge >= 0.3 is 0 Å². The van der Waals surface area contributed by atoms with E-state index in [1.807, 2.05) is 6.92 Å². The maximum absolute atomic E-state index is 5.91. The summed E-state index contributed by atoms with van der Waals surface area (Å²) in [6.07, 6.45) is 2.39. The molecule has 0 aliphatic heterocycles. The summed E-state index contributed by atoms with van der Waals surface area (Å²) < 4.78 is 5.29. The summed E-state index contributed by atoms with van der Waals surface area (Å²) in [5.41, 5.74) is 0. The number of rotatable bonds is 6. The summed E-state index contributed by atoms with van der Waals surface area (Å²) in [5.74, 6) is 0.828. The molecule has 2 nitrogen and oxygen atoms in total. The zero-order valence-electron chi connectivity index (χ0n) is 8.63. The van der Waals surface area contributed by atoms with E-state index in [2.05, 4.69) is 11.9 Å². The minimum absolute atomic E-state index is 0.449. The van der Waals surface area contributed by atoms with Crippen molar-refractivity contribution in [1.29, 1.82) is 0 Å². The van der Waals surface area contributed by atoms with E-state index in [4.69, 9.17) is 16.3 Å². The Hall–Kier alpha value is 0.210. The molecule has 0 aromatic heterocycles. The minimum Gasteiger partial charge on any atom is -0.380 e. The molecule has 1 aliphatic carbocycles. The quantitative estimate of drug-likeness (QED) is 0.486. The standard InChI is InChI=1S/C10H20ClNO/c1-3-13-5-4-12(2)8-9-6-10(11)7-9/h9-10H,3-8H2,1-2H3. The van der Waals surface area contributed by atoms with Crippen LogP contribution in [0, 0.1) is 5.92 Å². The summed E-state index contributed by atoms with van der Waals surface area (Å²) in [6, 6.07) is 0. The zero-order chi connectivity index (χ0) is 9.68. The van der Waals surface area contributed by atoms with Gasteiger partial charge in [0.1, 0.15) is 0 Å². The molecule has 0 atom stereocenters. The molecule has 0 N–H and O–H groups in total. The Morgan fingerprint density at radius 2 is 2.15 bits per heavy atom. The van der Waals surface area contributed by atoms with E-state index in [0.717, 1.165) is 25.7 Å². The summed E-state index contributed by atoms with van der Waals surface area (Å²) in [4.78, 5) is 2.34. The maximum Gasteiger partial charge on any atom is 0.0593 e. The second-order valence-corrected chi connectivity index (χ2v) is 4.51. The minimum atomic E-state index is 0.449. The molecule has 13 heavy (non-hydrogen) atoms. The molecular formula is C10H20ClNO. The fraction of sp³-hybridized carbons (Fsp3) is 1.00. The highest BCUT2D eigenvalue weighted by molar-refractivity contribution is 6.21. The predicted molar refractivity (Wildman–Crippen MR) is 56.4 cm³/mol. The SMILES string of the molecule is CCOCCN(C)CC1CC(Cl)C1. The van der Waals surface area contributed by atoms with E-state index in [0.29, 0.717) is 5.38 Å². The molecule has 0 radical (unpaired) electrons. The average molecular weight is 206 g/mol. The second-order valence-electron chi connectivity index (χ2n) is 3.89. The van der Waals surface area contributed by atoms with Crippen molar-refractivity contribution in [3.05, 3.63) is 0 Å². The fourth-order valence-electron chi connectivity index (χ4n) is 1.70. The van der Waals surface area contributed by atoms with Gasteiger partial charge in [0.15, 0.2) is 0 Å². The van der Waals surface area contributed by atoms with Crippen LogP contribution in [0.3, 0.4) is 0 Å². The third-order valence-electron chi connectivity index (χ3n) is 2.57. The molecule has 0 spiro atoms. The first kappa shape index (κ1) is 11.3. The molecule has 0 aromatic carbocycles. The van der Waals surface area contributed by atoms with E-state index >= 15 is 0 Å². The monoisotopic (exact) mass is 205 g/mol. The highest BCUT2D eigenvalue weighted by atomic mass is 35.5. The van der Waals surface area contributed by atoms with Crippen LogP contribution in [0.25, 0.3) is 0 Å². The van der Waals surface area contributed by atoms with Crippen molar-refractivity contribution >= 4 is 11.6 Å². The number of halogens is 1.